The fraction of sp³-hybridized carbons (Fsp3) is 0.444. The Morgan fingerprint density at radius 3 is 3.08 bits per heavy atom. The second kappa shape index (κ2) is 6.09. The summed E-state index contributed by atoms with van der Waals surface area (Å²) in [6.07, 6.45) is 2.82. The van der Waals surface area contributed by atoms with Crippen LogP contribution in [-0.2, 0) is 22.6 Å². The molecular weight excluding hydrogens is 324 g/mol. The molecule has 2 aliphatic rings. The number of hydrogen-bond acceptors (Lipinski definition) is 4. The van der Waals surface area contributed by atoms with Crippen molar-refractivity contribution in [3.8, 4) is 0 Å². The Morgan fingerprint density at radius 1 is 1.42 bits per heavy atom. The lowest BCUT2D eigenvalue weighted by Gasteiger charge is -2.35. The Labute approximate surface area is 144 Å². The van der Waals surface area contributed by atoms with Crippen molar-refractivity contribution < 1.29 is 14.0 Å². The zero-order valence-electron chi connectivity index (χ0n) is 13.6. The maximum absolute atomic E-state index is 13.0. The average Bonchev–Trinajstić information content (AvgIpc) is 3.30. The number of hydrogen-bond donors (Lipinski definition) is 0. The van der Waals surface area contributed by atoms with Crippen molar-refractivity contribution in [1.29, 1.82) is 0 Å². The number of likely N-dealkylation sites (tertiary alicyclic amines) is 1. The highest BCUT2D eigenvalue weighted by Gasteiger charge is 2.39. The number of furan rings is 1. The lowest BCUT2D eigenvalue weighted by atomic mass is 9.98. The van der Waals surface area contributed by atoms with E-state index >= 15 is 0 Å². The van der Waals surface area contributed by atoms with E-state index in [-0.39, 0.29) is 23.8 Å². The van der Waals surface area contributed by atoms with Crippen molar-refractivity contribution in [3.05, 3.63) is 46.0 Å². The SMILES string of the molecule is C[C@H]1c2ccsc2CCN1C(=O)[C@H]1CC(=O)N(Cc2ccco2)C1. The quantitative estimate of drug-likeness (QED) is 0.860. The van der Waals surface area contributed by atoms with E-state index in [4.69, 9.17) is 4.42 Å². The van der Waals surface area contributed by atoms with Gasteiger partial charge >= 0.3 is 0 Å². The number of carbonyl (C=O) groups is 2. The Kier molecular flexibility index (Phi) is 3.92. The first-order valence-corrected chi connectivity index (χ1v) is 9.18. The fourth-order valence-corrected chi connectivity index (χ4v) is 4.69. The molecule has 0 aromatic carbocycles. The summed E-state index contributed by atoms with van der Waals surface area (Å²) in [5, 5.41) is 2.10. The van der Waals surface area contributed by atoms with E-state index in [2.05, 4.69) is 18.4 Å². The molecule has 0 unspecified atom stereocenters. The summed E-state index contributed by atoms with van der Waals surface area (Å²) >= 11 is 1.77. The second-order valence-electron chi connectivity index (χ2n) is 6.51. The molecule has 2 atom stereocenters. The third kappa shape index (κ3) is 2.65. The molecule has 0 N–H and O–H groups in total. The molecule has 0 bridgehead atoms. The lowest BCUT2D eigenvalue weighted by molar-refractivity contribution is -0.138. The molecule has 1 fully saturated rings. The fourth-order valence-electron chi connectivity index (χ4n) is 3.73. The molecule has 2 aromatic heterocycles. The minimum Gasteiger partial charge on any atom is -0.467 e. The van der Waals surface area contributed by atoms with Crippen LogP contribution in [0, 0.1) is 5.92 Å². The molecule has 2 aliphatic heterocycles. The van der Waals surface area contributed by atoms with E-state index in [0.717, 1.165) is 18.7 Å². The van der Waals surface area contributed by atoms with Gasteiger partial charge in [-0.2, -0.15) is 0 Å². The van der Waals surface area contributed by atoms with E-state index in [0.29, 0.717) is 19.5 Å². The maximum atomic E-state index is 13.0. The number of nitrogens with zero attached hydrogens (tertiary/aromatic N) is 2. The van der Waals surface area contributed by atoms with Gasteiger partial charge in [-0.3, -0.25) is 9.59 Å². The van der Waals surface area contributed by atoms with Crippen LogP contribution in [0.25, 0.3) is 0 Å². The number of rotatable bonds is 3. The van der Waals surface area contributed by atoms with Gasteiger partial charge in [-0.25, -0.2) is 0 Å². The normalized spacial score (nSPS) is 23.6. The van der Waals surface area contributed by atoms with Crippen molar-refractivity contribution in [3.63, 3.8) is 0 Å². The molecule has 0 spiro atoms. The van der Waals surface area contributed by atoms with Crippen molar-refractivity contribution >= 4 is 23.2 Å². The van der Waals surface area contributed by atoms with Crippen LogP contribution in [0.5, 0.6) is 0 Å². The Balaban J connectivity index is 1.45. The lowest BCUT2D eigenvalue weighted by Crippen LogP contribution is -2.42. The standard InChI is InChI=1S/C18H20N2O3S/c1-12-15-5-8-24-16(15)4-6-20(12)18(22)13-9-17(21)19(10-13)11-14-3-2-7-23-14/h2-3,5,7-8,12-13H,4,6,9-11H2,1H3/t12-,13-/m0/s1. The van der Waals surface area contributed by atoms with E-state index in [1.54, 1.807) is 22.5 Å². The van der Waals surface area contributed by atoms with Crippen LogP contribution < -0.4 is 0 Å². The molecule has 4 rings (SSSR count). The van der Waals surface area contributed by atoms with Crippen LogP contribution in [0.15, 0.2) is 34.3 Å². The molecule has 24 heavy (non-hydrogen) atoms. The predicted molar refractivity (Wildman–Crippen MR) is 90.4 cm³/mol. The van der Waals surface area contributed by atoms with E-state index in [9.17, 15) is 9.59 Å². The Morgan fingerprint density at radius 2 is 2.29 bits per heavy atom. The van der Waals surface area contributed by atoms with Crippen LogP contribution in [0.3, 0.4) is 0 Å². The second-order valence-corrected chi connectivity index (χ2v) is 7.51. The van der Waals surface area contributed by atoms with Gasteiger partial charge in [0.05, 0.1) is 24.8 Å². The molecule has 126 valence electrons. The van der Waals surface area contributed by atoms with E-state index < -0.39 is 0 Å². The molecule has 0 aliphatic carbocycles. The number of fused-ring (bicyclic) bond motifs is 1. The minimum atomic E-state index is -0.241. The van der Waals surface area contributed by atoms with Gasteiger partial charge in [-0.1, -0.05) is 0 Å². The van der Waals surface area contributed by atoms with E-state index in [1.165, 1.54) is 10.4 Å². The smallest absolute Gasteiger partial charge is 0.228 e. The molecule has 0 radical (unpaired) electrons. The Hall–Kier alpha value is -2.08. The van der Waals surface area contributed by atoms with Crippen molar-refractivity contribution in [2.75, 3.05) is 13.1 Å². The minimum absolute atomic E-state index is 0.0330. The summed E-state index contributed by atoms with van der Waals surface area (Å²) in [5.74, 6) is 0.654. The topological polar surface area (TPSA) is 53.8 Å². The highest BCUT2D eigenvalue weighted by Crippen LogP contribution is 2.35. The zero-order chi connectivity index (χ0) is 16.7. The van der Waals surface area contributed by atoms with Gasteiger partial charge < -0.3 is 14.2 Å². The van der Waals surface area contributed by atoms with Gasteiger partial charge in [0.15, 0.2) is 0 Å². The molecule has 4 heterocycles. The Bertz CT molecular complexity index is 752. The summed E-state index contributed by atoms with van der Waals surface area (Å²) in [6.45, 7) is 3.76. The highest BCUT2D eigenvalue weighted by molar-refractivity contribution is 7.10. The van der Waals surface area contributed by atoms with Crippen LogP contribution >= 0.6 is 11.3 Å². The first kappa shape index (κ1) is 15.4. The summed E-state index contributed by atoms with van der Waals surface area (Å²) in [4.78, 5) is 30.3. The molecule has 1 saturated heterocycles. The van der Waals surface area contributed by atoms with Crippen molar-refractivity contribution in [1.82, 2.24) is 9.80 Å². The molecule has 2 amide bonds. The van der Waals surface area contributed by atoms with Gasteiger partial charge in [-0.05, 0) is 42.5 Å². The van der Waals surface area contributed by atoms with Gasteiger partial charge in [0.2, 0.25) is 11.8 Å². The monoisotopic (exact) mass is 344 g/mol. The third-order valence-electron chi connectivity index (χ3n) is 5.05. The van der Waals surface area contributed by atoms with E-state index in [1.807, 2.05) is 17.0 Å². The average molecular weight is 344 g/mol. The van der Waals surface area contributed by atoms with Crippen LogP contribution in [0.1, 0.15) is 35.6 Å². The highest BCUT2D eigenvalue weighted by atomic mass is 32.1. The maximum Gasteiger partial charge on any atom is 0.228 e. The van der Waals surface area contributed by atoms with Crippen LogP contribution in [0.4, 0.5) is 0 Å². The van der Waals surface area contributed by atoms with Gasteiger partial charge in [0, 0.05) is 24.4 Å². The van der Waals surface area contributed by atoms with Crippen LogP contribution in [0.2, 0.25) is 0 Å². The summed E-state index contributed by atoms with van der Waals surface area (Å²) < 4.78 is 5.31. The number of carbonyl (C=O) groups excluding carboxylic acids is 2. The summed E-state index contributed by atoms with van der Waals surface area (Å²) in [6, 6.07) is 5.88. The predicted octanol–water partition coefficient (Wildman–Crippen LogP) is 2.84. The third-order valence-corrected chi connectivity index (χ3v) is 6.05. The largest absolute Gasteiger partial charge is 0.467 e. The molecule has 0 saturated carbocycles. The molecular formula is C18H20N2O3S. The van der Waals surface area contributed by atoms with Gasteiger partial charge in [-0.15, -0.1) is 11.3 Å². The first-order chi connectivity index (χ1) is 11.6. The molecule has 2 aromatic rings. The molecule has 6 heteroatoms. The summed E-state index contributed by atoms with van der Waals surface area (Å²) in [7, 11) is 0. The summed E-state index contributed by atoms with van der Waals surface area (Å²) in [5.41, 5.74) is 1.26. The van der Waals surface area contributed by atoms with Gasteiger partial charge in [0.1, 0.15) is 5.76 Å². The van der Waals surface area contributed by atoms with Crippen molar-refractivity contribution in [2.24, 2.45) is 5.92 Å². The number of amides is 2. The molecule has 5 nitrogen and oxygen atoms in total. The zero-order valence-corrected chi connectivity index (χ0v) is 14.4. The van der Waals surface area contributed by atoms with Gasteiger partial charge in [0.25, 0.3) is 0 Å². The first-order valence-electron chi connectivity index (χ1n) is 8.30. The van der Waals surface area contributed by atoms with Crippen LogP contribution in [-0.4, -0.2) is 34.7 Å². The van der Waals surface area contributed by atoms with Crippen molar-refractivity contribution in [2.45, 2.75) is 32.4 Å². The number of thiophene rings is 1.